The molecule has 0 aliphatic heterocycles. The molecule has 2 N–H and O–H groups in total. The van der Waals surface area contributed by atoms with Crippen LogP contribution in [0.1, 0.15) is 38.2 Å². The van der Waals surface area contributed by atoms with Gasteiger partial charge in [0.15, 0.2) is 0 Å². The van der Waals surface area contributed by atoms with Gasteiger partial charge >= 0.3 is 0 Å². The van der Waals surface area contributed by atoms with Gasteiger partial charge in [-0.25, -0.2) is 0 Å². The number of carbonyl (C=O) groups excluding carboxylic acids is 1. The lowest BCUT2D eigenvalue weighted by Crippen LogP contribution is -2.30. The summed E-state index contributed by atoms with van der Waals surface area (Å²) in [5.74, 6) is 0.925. The second-order valence-electron chi connectivity index (χ2n) is 5.15. The van der Waals surface area contributed by atoms with Crippen molar-refractivity contribution in [1.29, 1.82) is 0 Å². The molecule has 0 aliphatic carbocycles. The van der Waals surface area contributed by atoms with Crippen LogP contribution < -0.4 is 10.6 Å². The molecule has 0 bridgehead atoms. The molecule has 1 aromatic heterocycles. The Kier molecular flexibility index (Phi) is 13.8. The molecule has 0 fully saturated rings. The van der Waals surface area contributed by atoms with E-state index in [-0.39, 0.29) is 30.7 Å². The van der Waals surface area contributed by atoms with Crippen molar-refractivity contribution in [3.8, 4) is 0 Å². The van der Waals surface area contributed by atoms with Crippen molar-refractivity contribution in [2.45, 2.75) is 32.6 Å². The quantitative estimate of drug-likeness (QED) is 0.718. The molecule has 122 valence electrons. The second-order valence-corrected chi connectivity index (χ2v) is 5.15. The Morgan fingerprint density at radius 3 is 2.57 bits per heavy atom. The van der Waals surface area contributed by atoms with Crippen molar-refractivity contribution < 1.29 is 4.79 Å². The van der Waals surface area contributed by atoms with Gasteiger partial charge in [0, 0.05) is 31.3 Å². The maximum atomic E-state index is 11.7. The van der Waals surface area contributed by atoms with E-state index < -0.39 is 0 Å². The zero-order chi connectivity index (χ0) is 14.1. The molecule has 1 heterocycles. The van der Waals surface area contributed by atoms with E-state index in [9.17, 15) is 4.79 Å². The fourth-order valence-corrected chi connectivity index (χ4v) is 2.07. The predicted molar refractivity (Wildman–Crippen MR) is 92.5 cm³/mol. The van der Waals surface area contributed by atoms with Crippen molar-refractivity contribution in [1.82, 2.24) is 15.6 Å². The van der Waals surface area contributed by atoms with Gasteiger partial charge in [0.2, 0.25) is 5.91 Å². The Morgan fingerprint density at radius 2 is 2.05 bits per heavy atom. The summed E-state index contributed by atoms with van der Waals surface area (Å²) < 4.78 is 0. The molecule has 0 saturated heterocycles. The average molecular weight is 336 g/mol. The molecule has 0 radical (unpaired) electrons. The number of rotatable bonds is 8. The second kappa shape index (κ2) is 12.9. The van der Waals surface area contributed by atoms with Crippen LogP contribution in [0.4, 0.5) is 0 Å². The van der Waals surface area contributed by atoms with Gasteiger partial charge in [-0.1, -0.05) is 19.9 Å². The number of pyridine rings is 1. The normalized spacial score (nSPS) is 11.2. The number of aromatic nitrogens is 1. The first kappa shape index (κ1) is 22.4. The molecular formula is C15H27Cl2N3O. The standard InChI is InChI=1S/C15H25N3O.2ClH/c1-12(2)14(13-6-4-9-17-10-13)11-18-15(19)7-5-8-16-3;;/h4,6,9-10,12,14,16H,5,7-8,11H2,1-3H3,(H,18,19);2*1H. The molecule has 1 aromatic rings. The molecule has 0 aromatic carbocycles. The highest BCUT2D eigenvalue weighted by Crippen LogP contribution is 2.22. The Morgan fingerprint density at radius 1 is 1.33 bits per heavy atom. The third-order valence-corrected chi connectivity index (χ3v) is 3.27. The van der Waals surface area contributed by atoms with E-state index in [0.717, 1.165) is 13.0 Å². The van der Waals surface area contributed by atoms with Crippen LogP contribution in [0.2, 0.25) is 0 Å². The largest absolute Gasteiger partial charge is 0.355 e. The van der Waals surface area contributed by atoms with Gasteiger partial charge in [0.25, 0.3) is 0 Å². The van der Waals surface area contributed by atoms with Crippen LogP contribution in [0.3, 0.4) is 0 Å². The number of nitrogens with one attached hydrogen (secondary N) is 2. The molecule has 4 nitrogen and oxygen atoms in total. The first-order valence-corrected chi connectivity index (χ1v) is 6.96. The Balaban J connectivity index is 0. The molecule has 0 aliphatic rings. The van der Waals surface area contributed by atoms with E-state index in [1.54, 1.807) is 6.20 Å². The molecule has 21 heavy (non-hydrogen) atoms. The van der Waals surface area contributed by atoms with Crippen LogP contribution in [0.15, 0.2) is 24.5 Å². The zero-order valence-electron chi connectivity index (χ0n) is 13.0. The van der Waals surface area contributed by atoms with Gasteiger partial charge in [0.05, 0.1) is 0 Å². The van der Waals surface area contributed by atoms with Gasteiger partial charge in [-0.2, -0.15) is 0 Å². The van der Waals surface area contributed by atoms with E-state index in [0.29, 0.717) is 24.8 Å². The van der Waals surface area contributed by atoms with E-state index in [4.69, 9.17) is 0 Å². The maximum absolute atomic E-state index is 11.7. The first-order chi connectivity index (χ1) is 9.15. The fourth-order valence-electron chi connectivity index (χ4n) is 2.07. The molecule has 0 saturated carbocycles. The summed E-state index contributed by atoms with van der Waals surface area (Å²) in [6.45, 7) is 5.90. The topological polar surface area (TPSA) is 54.0 Å². The van der Waals surface area contributed by atoms with E-state index in [1.165, 1.54) is 5.56 Å². The Hall–Kier alpha value is -0.840. The van der Waals surface area contributed by atoms with Crippen molar-refractivity contribution in [2.75, 3.05) is 20.1 Å². The van der Waals surface area contributed by atoms with Crippen molar-refractivity contribution >= 4 is 30.7 Å². The van der Waals surface area contributed by atoms with E-state index >= 15 is 0 Å². The van der Waals surface area contributed by atoms with E-state index in [2.05, 4.69) is 35.5 Å². The van der Waals surface area contributed by atoms with Crippen molar-refractivity contribution in [3.63, 3.8) is 0 Å². The highest BCUT2D eigenvalue weighted by atomic mass is 35.5. The summed E-state index contributed by atoms with van der Waals surface area (Å²) in [5.41, 5.74) is 1.19. The lowest BCUT2D eigenvalue weighted by Gasteiger charge is -2.21. The van der Waals surface area contributed by atoms with Crippen LogP contribution in [-0.4, -0.2) is 31.0 Å². The van der Waals surface area contributed by atoms with Crippen LogP contribution in [0.25, 0.3) is 0 Å². The molecule has 0 spiro atoms. The SMILES string of the molecule is CNCCCC(=O)NCC(c1cccnc1)C(C)C.Cl.Cl. The van der Waals surface area contributed by atoms with Crippen LogP contribution in [-0.2, 0) is 4.79 Å². The summed E-state index contributed by atoms with van der Waals surface area (Å²) in [5, 5.41) is 6.07. The van der Waals surface area contributed by atoms with Crippen molar-refractivity contribution in [3.05, 3.63) is 30.1 Å². The third kappa shape index (κ3) is 8.91. The minimum absolute atomic E-state index is 0. The smallest absolute Gasteiger partial charge is 0.220 e. The number of hydrogen-bond acceptors (Lipinski definition) is 3. The van der Waals surface area contributed by atoms with Gasteiger partial charge in [-0.3, -0.25) is 9.78 Å². The third-order valence-electron chi connectivity index (χ3n) is 3.27. The molecule has 1 amide bonds. The monoisotopic (exact) mass is 335 g/mol. The fraction of sp³-hybridized carbons (Fsp3) is 0.600. The number of amides is 1. The van der Waals surface area contributed by atoms with Crippen LogP contribution >= 0.6 is 24.8 Å². The predicted octanol–water partition coefficient (Wildman–Crippen LogP) is 2.78. The number of carbonyl (C=O) groups is 1. The molecule has 6 heteroatoms. The minimum atomic E-state index is 0. The number of halogens is 2. The van der Waals surface area contributed by atoms with Gasteiger partial charge in [-0.05, 0) is 37.6 Å². The van der Waals surface area contributed by atoms with E-state index in [1.807, 2.05) is 19.3 Å². The van der Waals surface area contributed by atoms with Crippen LogP contribution in [0.5, 0.6) is 0 Å². The number of hydrogen-bond donors (Lipinski definition) is 2. The Labute approximate surface area is 140 Å². The lowest BCUT2D eigenvalue weighted by atomic mass is 9.89. The first-order valence-electron chi connectivity index (χ1n) is 6.96. The summed E-state index contributed by atoms with van der Waals surface area (Å²) in [6.07, 6.45) is 5.12. The molecule has 1 unspecified atom stereocenters. The van der Waals surface area contributed by atoms with Gasteiger partial charge < -0.3 is 10.6 Å². The summed E-state index contributed by atoms with van der Waals surface area (Å²) in [4.78, 5) is 15.9. The molecule has 1 atom stereocenters. The van der Waals surface area contributed by atoms with Gasteiger partial charge in [-0.15, -0.1) is 24.8 Å². The lowest BCUT2D eigenvalue weighted by molar-refractivity contribution is -0.121. The summed E-state index contributed by atoms with van der Waals surface area (Å²) in [7, 11) is 1.90. The zero-order valence-corrected chi connectivity index (χ0v) is 14.6. The van der Waals surface area contributed by atoms with Gasteiger partial charge in [0.1, 0.15) is 0 Å². The Bertz CT molecular complexity index is 374. The van der Waals surface area contributed by atoms with Crippen molar-refractivity contribution in [2.24, 2.45) is 5.92 Å². The maximum Gasteiger partial charge on any atom is 0.220 e. The summed E-state index contributed by atoms with van der Waals surface area (Å²) in [6, 6.07) is 4.02. The highest BCUT2D eigenvalue weighted by Gasteiger charge is 2.16. The van der Waals surface area contributed by atoms with Crippen LogP contribution in [0, 0.1) is 5.92 Å². The molecule has 1 rings (SSSR count). The minimum Gasteiger partial charge on any atom is -0.355 e. The highest BCUT2D eigenvalue weighted by molar-refractivity contribution is 5.85. The number of nitrogens with zero attached hydrogens (tertiary/aromatic N) is 1. The average Bonchev–Trinajstić information content (AvgIpc) is 2.40. The molecular weight excluding hydrogens is 309 g/mol. The summed E-state index contributed by atoms with van der Waals surface area (Å²) >= 11 is 0.